The van der Waals surface area contributed by atoms with E-state index >= 15 is 0 Å². The lowest BCUT2D eigenvalue weighted by atomic mass is 10.1. The molecule has 1 atom stereocenters. The fourth-order valence-corrected chi connectivity index (χ4v) is 3.30. The molecule has 0 fully saturated rings. The van der Waals surface area contributed by atoms with E-state index in [-0.39, 0.29) is 6.04 Å². The third kappa shape index (κ3) is 3.52. The standard InChI is InChI=1S/C13H16BrN3OS/c1-3-6-15-11(9-4-5-10(14)19-9)12-13(18-2)17-8-7-16-12/h4-5,7-8,11,15H,3,6H2,1-2H3. The van der Waals surface area contributed by atoms with Gasteiger partial charge in [0, 0.05) is 17.3 Å². The average molecular weight is 342 g/mol. The Morgan fingerprint density at radius 1 is 1.37 bits per heavy atom. The topological polar surface area (TPSA) is 47.0 Å². The van der Waals surface area contributed by atoms with Crippen molar-refractivity contribution in [3.05, 3.63) is 38.9 Å². The van der Waals surface area contributed by atoms with Crippen LogP contribution in [0.4, 0.5) is 0 Å². The van der Waals surface area contributed by atoms with Crippen LogP contribution in [0.3, 0.4) is 0 Å². The molecule has 0 aliphatic heterocycles. The summed E-state index contributed by atoms with van der Waals surface area (Å²) >= 11 is 5.19. The van der Waals surface area contributed by atoms with Crippen LogP contribution in [-0.2, 0) is 0 Å². The molecular weight excluding hydrogens is 326 g/mol. The molecule has 2 heterocycles. The number of rotatable bonds is 6. The molecule has 0 radical (unpaired) electrons. The van der Waals surface area contributed by atoms with Crippen molar-refractivity contribution in [3.63, 3.8) is 0 Å². The summed E-state index contributed by atoms with van der Waals surface area (Å²) in [6.07, 6.45) is 4.40. The van der Waals surface area contributed by atoms with E-state index < -0.39 is 0 Å². The number of aromatic nitrogens is 2. The number of thiophene rings is 1. The molecule has 6 heteroatoms. The smallest absolute Gasteiger partial charge is 0.237 e. The average Bonchev–Trinajstić information content (AvgIpc) is 2.86. The number of nitrogens with one attached hydrogen (secondary N) is 1. The van der Waals surface area contributed by atoms with Crippen molar-refractivity contribution in [1.82, 2.24) is 15.3 Å². The normalized spacial score (nSPS) is 12.4. The minimum Gasteiger partial charge on any atom is -0.480 e. The van der Waals surface area contributed by atoms with Gasteiger partial charge >= 0.3 is 0 Å². The van der Waals surface area contributed by atoms with Gasteiger partial charge in [0.2, 0.25) is 5.88 Å². The molecule has 4 nitrogen and oxygen atoms in total. The van der Waals surface area contributed by atoms with Crippen LogP contribution < -0.4 is 10.1 Å². The molecule has 2 aromatic rings. The summed E-state index contributed by atoms with van der Waals surface area (Å²) in [5.74, 6) is 0.570. The van der Waals surface area contributed by atoms with Gasteiger partial charge < -0.3 is 10.1 Å². The lowest BCUT2D eigenvalue weighted by Gasteiger charge is -2.18. The third-order valence-corrected chi connectivity index (χ3v) is 4.32. The summed E-state index contributed by atoms with van der Waals surface area (Å²) in [4.78, 5) is 9.85. The van der Waals surface area contributed by atoms with Crippen molar-refractivity contribution in [1.29, 1.82) is 0 Å². The van der Waals surface area contributed by atoms with Crippen molar-refractivity contribution in [2.45, 2.75) is 19.4 Å². The molecular formula is C13H16BrN3OS. The van der Waals surface area contributed by atoms with Gasteiger partial charge in [0.1, 0.15) is 5.69 Å². The number of hydrogen-bond donors (Lipinski definition) is 1. The maximum atomic E-state index is 5.31. The Bertz CT molecular complexity index is 532. The van der Waals surface area contributed by atoms with Gasteiger partial charge in [0.05, 0.1) is 16.9 Å². The van der Waals surface area contributed by atoms with Crippen LogP contribution in [0.25, 0.3) is 0 Å². The minimum atomic E-state index is 0.0138. The largest absolute Gasteiger partial charge is 0.480 e. The first-order valence-electron chi connectivity index (χ1n) is 6.09. The predicted octanol–water partition coefficient (Wildman–Crippen LogP) is 3.40. The first kappa shape index (κ1) is 14.4. The third-order valence-electron chi connectivity index (χ3n) is 2.63. The van der Waals surface area contributed by atoms with E-state index in [1.807, 2.05) is 6.07 Å². The summed E-state index contributed by atoms with van der Waals surface area (Å²) in [5.41, 5.74) is 0.827. The summed E-state index contributed by atoms with van der Waals surface area (Å²) in [7, 11) is 1.62. The Balaban J connectivity index is 2.36. The molecule has 2 aromatic heterocycles. The van der Waals surface area contributed by atoms with E-state index in [9.17, 15) is 0 Å². The molecule has 19 heavy (non-hydrogen) atoms. The van der Waals surface area contributed by atoms with Crippen LogP contribution in [0.5, 0.6) is 5.88 Å². The molecule has 0 saturated heterocycles. The van der Waals surface area contributed by atoms with Gasteiger partial charge in [0.25, 0.3) is 0 Å². The number of hydrogen-bond acceptors (Lipinski definition) is 5. The second-order valence-corrected chi connectivity index (χ2v) is 6.47. The zero-order chi connectivity index (χ0) is 13.7. The lowest BCUT2D eigenvalue weighted by Crippen LogP contribution is -2.24. The first-order valence-corrected chi connectivity index (χ1v) is 7.70. The number of halogens is 1. The van der Waals surface area contributed by atoms with E-state index in [1.54, 1.807) is 30.8 Å². The maximum Gasteiger partial charge on any atom is 0.237 e. The molecule has 0 saturated carbocycles. The van der Waals surface area contributed by atoms with Crippen LogP contribution in [0.1, 0.15) is 30.0 Å². The molecule has 0 amide bonds. The highest BCUT2D eigenvalue weighted by molar-refractivity contribution is 9.11. The zero-order valence-corrected chi connectivity index (χ0v) is 13.3. The van der Waals surface area contributed by atoms with Crippen molar-refractivity contribution >= 4 is 27.3 Å². The molecule has 102 valence electrons. The number of methoxy groups -OCH3 is 1. The van der Waals surface area contributed by atoms with Gasteiger partial charge in [0.15, 0.2) is 0 Å². The Morgan fingerprint density at radius 3 is 2.79 bits per heavy atom. The quantitative estimate of drug-likeness (QED) is 0.874. The Labute approximate surface area is 125 Å². The predicted molar refractivity (Wildman–Crippen MR) is 80.7 cm³/mol. The number of ether oxygens (including phenoxy) is 1. The highest BCUT2D eigenvalue weighted by Gasteiger charge is 2.21. The number of nitrogens with zero attached hydrogens (tertiary/aromatic N) is 2. The van der Waals surface area contributed by atoms with Crippen molar-refractivity contribution in [2.24, 2.45) is 0 Å². The molecule has 0 aliphatic rings. The van der Waals surface area contributed by atoms with E-state index in [1.165, 1.54) is 4.88 Å². The second kappa shape index (κ2) is 6.98. The Hall–Kier alpha value is -0.980. The molecule has 0 aromatic carbocycles. The highest BCUT2D eigenvalue weighted by Crippen LogP contribution is 2.33. The van der Waals surface area contributed by atoms with Gasteiger partial charge in [-0.3, -0.25) is 4.98 Å². The fourth-order valence-electron chi connectivity index (χ4n) is 1.80. The molecule has 0 spiro atoms. The van der Waals surface area contributed by atoms with Crippen LogP contribution in [0, 0.1) is 0 Å². The van der Waals surface area contributed by atoms with E-state index in [0.29, 0.717) is 5.88 Å². The van der Waals surface area contributed by atoms with Crippen molar-refractivity contribution in [2.75, 3.05) is 13.7 Å². The van der Waals surface area contributed by atoms with Crippen LogP contribution in [0.2, 0.25) is 0 Å². The minimum absolute atomic E-state index is 0.0138. The molecule has 0 bridgehead atoms. The van der Waals surface area contributed by atoms with Gasteiger partial charge in [-0.1, -0.05) is 6.92 Å². The summed E-state index contributed by atoms with van der Waals surface area (Å²) in [5, 5.41) is 3.50. The second-order valence-electron chi connectivity index (χ2n) is 3.98. The first-order chi connectivity index (χ1) is 9.26. The fraction of sp³-hybridized carbons (Fsp3) is 0.385. The van der Waals surface area contributed by atoms with Gasteiger partial charge in [-0.2, -0.15) is 0 Å². The zero-order valence-electron chi connectivity index (χ0n) is 10.9. The summed E-state index contributed by atoms with van der Waals surface area (Å²) in [6.45, 7) is 3.06. The van der Waals surface area contributed by atoms with E-state index in [0.717, 1.165) is 22.4 Å². The SMILES string of the molecule is CCCNC(c1ccc(Br)s1)c1nccnc1OC. The van der Waals surface area contributed by atoms with E-state index in [4.69, 9.17) is 4.74 Å². The van der Waals surface area contributed by atoms with Crippen molar-refractivity contribution in [3.8, 4) is 5.88 Å². The lowest BCUT2D eigenvalue weighted by molar-refractivity contribution is 0.383. The van der Waals surface area contributed by atoms with Gasteiger partial charge in [-0.15, -0.1) is 11.3 Å². The monoisotopic (exact) mass is 341 g/mol. The molecule has 2 rings (SSSR count). The van der Waals surface area contributed by atoms with Gasteiger partial charge in [-0.25, -0.2) is 4.98 Å². The molecule has 1 N–H and O–H groups in total. The Kier molecular flexibility index (Phi) is 5.30. The molecule has 0 aliphatic carbocycles. The van der Waals surface area contributed by atoms with Gasteiger partial charge in [-0.05, 0) is 41.0 Å². The van der Waals surface area contributed by atoms with Crippen LogP contribution in [-0.4, -0.2) is 23.6 Å². The summed E-state index contributed by atoms with van der Waals surface area (Å²) in [6, 6.07) is 4.15. The van der Waals surface area contributed by atoms with Crippen molar-refractivity contribution < 1.29 is 4.74 Å². The Morgan fingerprint density at radius 2 is 2.16 bits per heavy atom. The molecule has 1 unspecified atom stereocenters. The summed E-state index contributed by atoms with van der Waals surface area (Å²) < 4.78 is 6.42. The highest BCUT2D eigenvalue weighted by atomic mass is 79.9. The van der Waals surface area contributed by atoms with E-state index in [2.05, 4.69) is 44.2 Å². The maximum absolute atomic E-state index is 5.31. The van der Waals surface area contributed by atoms with Crippen LogP contribution >= 0.6 is 27.3 Å². The van der Waals surface area contributed by atoms with Crippen LogP contribution in [0.15, 0.2) is 28.3 Å².